The first-order valence-corrected chi connectivity index (χ1v) is 5.68. The first-order valence-electron chi connectivity index (χ1n) is 4.89. The molecule has 4 nitrogen and oxygen atoms in total. The van der Waals surface area contributed by atoms with Crippen LogP contribution in [-0.2, 0) is 4.79 Å². The lowest BCUT2D eigenvalue weighted by Gasteiger charge is -2.08. The topological polar surface area (TPSA) is 54.9 Å². The molecular formula is C10H14BrN3O. The Morgan fingerprint density at radius 2 is 2.27 bits per heavy atom. The summed E-state index contributed by atoms with van der Waals surface area (Å²) in [7, 11) is 0. The van der Waals surface area contributed by atoms with Gasteiger partial charge in [-0.3, -0.25) is 4.79 Å². The fourth-order valence-electron chi connectivity index (χ4n) is 1.03. The van der Waals surface area contributed by atoms with Crippen molar-refractivity contribution in [3.63, 3.8) is 0 Å². The fourth-order valence-corrected chi connectivity index (χ4v) is 1.24. The number of aromatic nitrogens is 2. The Morgan fingerprint density at radius 3 is 2.80 bits per heavy atom. The van der Waals surface area contributed by atoms with Crippen LogP contribution >= 0.6 is 15.9 Å². The van der Waals surface area contributed by atoms with Gasteiger partial charge in [0.25, 0.3) is 0 Å². The lowest BCUT2D eigenvalue weighted by atomic mass is 10.1. The molecule has 1 unspecified atom stereocenters. The van der Waals surface area contributed by atoms with Crippen LogP contribution in [0.2, 0.25) is 0 Å². The Kier molecular flexibility index (Phi) is 4.68. The van der Waals surface area contributed by atoms with Crippen molar-refractivity contribution < 1.29 is 4.79 Å². The number of halogens is 1. The molecule has 82 valence electrons. The first-order chi connectivity index (χ1) is 7.11. The molecule has 1 aromatic heterocycles. The molecule has 0 aliphatic rings. The van der Waals surface area contributed by atoms with Gasteiger partial charge in [-0.1, -0.05) is 20.3 Å². The molecule has 0 aliphatic carbocycles. The third kappa shape index (κ3) is 4.38. The van der Waals surface area contributed by atoms with E-state index >= 15 is 0 Å². The van der Waals surface area contributed by atoms with Crippen LogP contribution in [0.15, 0.2) is 17.0 Å². The molecule has 0 bridgehead atoms. The van der Waals surface area contributed by atoms with Gasteiger partial charge in [0.2, 0.25) is 5.91 Å². The molecule has 0 aliphatic heterocycles. The van der Waals surface area contributed by atoms with Gasteiger partial charge in [0.15, 0.2) is 5.82 Å². The van der Waals surface area contributed by atoms with Crippen molar-refractivity contribution in [1.82, 2.24) is 9.97 Å². The monoisotopic (exact) mass is 271 g/mol. The zero-order chi connectivity index (χ0) is 11.3. The van der Waals surface area contributed by atoms with Gasteiger partial charge in [-0.05, 0) is 21.8 Å². The van der Waals surface area contributed by atoms with E-state index in [4.69, 9.17) is 0 Å². The van der Waals surface area contributed by atoms with Crippen LogP contribution in [-0.4, -0.2) is 15.9 Å². The molecule has 0 aromatic carbocycles. The molecule has 0 fully saturated rings. The molecule has 1 aromatic rings. The Hall–Kier alpha value is -0.970. The number of carbonyl (C=O) groups excluding carboxylic acids is 1. The normalized spacial score (nSPS) is 12.2. The van der Waals surface area contributed by atoms with Gasteiger partial charge in [-0.2, -0.15) is 0 Å². The molecule has 1 amide bonds. The second-order valence-corrected chi connectivity index (χ2v) is 4.30. The lowest BCUT2D eigenvalue weighted by molar-refractivity contribution is -0.117. The molecule has 0 saturated heterocycles. The number of hydrogen-bond donors (Lipinski definition) is 1. The van der Waals surface area contributed by atoms with E-state index < -0.39 is 0 Å². The van der Waals surface area contributed by atoms with Crippen molar-refractivity contribution >= 4 is 27.7 Å². The van der Waals surface area contributed by atoms with Crippen molar-refractivity contribution in [1.29, 1.82) is 0 Å². The zero-order valence-electron chi connectivity index (χ0n) is 8.83. The maximum atomic E-state index is 11.5. The Bertz CT molecular complexity index is 326. The van der Waals surface area contributed by atoms with E-state index in [0.717, 1.165) is 6.42 Å². The average molecular weight is 272 g/mol. The largest absolute Gasteiger partial charge is 0.309 e. The van der Waals surface area contributed by atoms with Gasteiger partial charge < -0.3 is 5.32 Å². The molecule has 1 N–H and O–H groups in total. The maximum Gasteiger partial charge on any atom is 0.225 e. The van der Waals surface area contributed by atoms with Gasteiger partial charge in [-0.15, -0.1) is 0 Å². The highest BCUT2D eigenvalue weighted by molar-refractivity contribution is 9.10. The molecular weight excluding hydrogens is 258 g/mol. The van der Waals surface area contributed by atoms with Crippen molar-refractivity contribution in [2.45, 2.75) is 26.7 Å². The van der Waals surface area contributed by atoms with Gasteiger partial charge in [0.1, 0.15) is 4.60 Å². The van der Waals surface area contributed by atoms with Crippen molar-refractivity contribution in [2.75, 3.05) is 5.32 Å². The maximum absolute atomic E-state index is 11.5. The van der Waals surface area contributed by atoms with Gasteiger partial charge >= 0.3 is 0 Å². The van der Waals surface area contributed by atoms with Crippen LogP contribution in [0.3, 0.4) is 0 Å². The summed E-state index contributed by atoms with van der Waals surface area (Å²) in [4.78, 5) is 19.5. The van der Waals surface area contributed by atoms with E-state index in [2.05, 4.69) is 38.1 Å². The SMILES string of the molecule is CCC(C)CC(=O)Nc1cnc(Br)cn1. The molecule has 1 atom stereocenters. The third-order valence-electron chi connectivity index (χ3n) is 2.12. The molecule has 0 spiro atoms. The van der Waals surface area contributed by atoms with Crippen LogP contribution in [0, 0.1) is 5.92 Å². The number of rotatable bonds is 4. The Balaban J connectivity index is 2.48. The minimum Gasteiger partial charge on any atom is -0.309 e. The summed E-state index contributed by atoms with van der Waals surface area (Å²) in [6.07, 6.45) is 4.60. The fraction of sp³-hybridized carbons (Fsp3) is 0.500. The number of hydrogen-bond acceptors (Lipinski definition) is 3. The van der Waals surface area contributed by atoms with Crippen LogP contribution in [0.5, 0.6) is 0 Å². The van der Waals surface area contributed by atoms with Crippen LogP contribution in [0.1, 0.15) is 26.7 Å². The van der Waals surface area contributed by atoms with Crippen LogP contribution in [0.4, 0.5) is 5.82 Å². The van der Waals surface area contributed by atoms with Crippen molar-refractivity contribution in [3.05, 3.63) is 17.0 Å². The molecule has 0 radical (unpaired) electrons. The minimum atomic E-state index is -0.0130. The van der Waals surface area contributed by atoms with E-state index in [9.17, 15) is 4.79 Å². The summed E-state index contributed by atoms with van der Waals surface area (Å²) in [5, 5.41) is 2.70. The predicted molar refractivity (Wildman–Crippen MR) is 62.4 cm³/mol. The zero-order valence-corrected chi connectivity index (χ0v) is 10.4. The standard InChI is InChI=1S/C10H14BrN3O/c1-3-7(2)4-10(15)14-9-6-12-8(11)5-13-9/h5-7H,3-4H2,1-2H3,(H,13,14,15). The highest BCUT2D eigenvalue weighted by Gasteiger charge is 2.07. The van der Waals surface area contributed by atoms with E-state index in [1.54, 1.807) is 6.20 Å². The summed E-state index contributed by atoms with van der Waals surface area (Å²) >= 11 is 3.18. The molecule has 15 heavy (non-hydrogen) atoms. The number of anilines is 1. The van der Waals surface area contributed by atoms with Crippen molar-refractivity contribution in [3.8, 4) is 0 Å². The number of carbonyl (C=O) groups is 1. The smallest absolute Gasteiger partial charge is 0.225 e. The van der Waals surface area contributed by atoms with E-state index in [-0.39, 0.29) is 5.91 Å². The molecule has 1 rings (SSSR count). The van der Waals surface area contributed by atoms with Crippen LogP contribution in [0.25, 0.3) is 0 Å². The summed E-state index contributed by atoms with van der Waals surface area (Å²) in [5.41, 5.74) is 0. The summed E-state index contributed by atoms with van der Waals surface area (Å²) in [6.45, 7) is 4.12. The second-order valence-electron chi connectivity index (χ2n) is 3.49. The Morgan fingerprint density at radius 1 is 1.53 bits per heavy atom. The van der Waals surface area contributed by atoms with Crippen LogP contribution < -0.4 is 5.32 Å². The quantitative estimate of drug-likeness (QED) is 0.916. The van der Waals surface area contributed by atoms with E-state index in [0.29, 0.717) is 22.8 Å². The minimum absolute atomic E-state index is 0.0130. The predicted octanol–water partition coefficient (Wildman–Crippen LogP) is 2.61. The number of amides is 1. The van der Waals surface area contributed by atoms with Crippen molar-refractivity contribution in [2.24, 2.45) is 5.92 Å². The number of nitrogens with zero attached hydrogens (tertiary/aromatic N) is 2. The third-order valence-corrected chi connectivity index (χ3v) is 2.53. The molecule has 5 heteroatoms. The first kappa shape index (κ1) is 12.1. The average Bonchev–Trinajstić information content (AvgIpc) is 2.21. The van der Waals surface area contributed by atoms with Gasteiger partial charge in [0.05, 0.1) is 12.4 Å². The highest BCUT2D eigenvalue weighted by atomic mass is 79.9. The Labute approximate surface area is 97.6 Å². The van der Waals surface area contributed by atoms with E-state index in [1.165, 1.54) is 6.20 Å². The molecule has 1 heterocycles. The second kappa shape index (κ2) is 5.80. The summed E-state index contributed by atoms with van der Waals surface area (Å²) < 4.78 is 0.655. The van der Waals surface area contributed by atoms with Gasteiger partial charge in [-0.25, -0.2) is 9.97 Å². The summed E-state index contributed by atoms with van der Waals surface area (Å²) in [5.74, 6) is 0.876. The molecule has 0 saturated carbocycles. The van der Waals surface area contributed by atoms with Gasteiger partial charge in [0, 0.05) is 6.42 Å². The highest BCUT2D eigenvalue weighted by Crippen LogP contribution is 2.10. The summed E-state index contributed by atoms with van der Waals surface area (Å²) in [6, 6.07) is 0. The lowest BCUT2D eigenvalue weighted by Crippen LogP contribution is -2.15. The van der Waals surface area contributed by atoms with E-state index in [1.807, 2.05) is 6.92 Å². The number of nitrogens with one attached hydrogen (secondary N) is 1.